The molecule has 0 spiro atoms. The van der Waals surface area contributed by atoms with E-state index in [0.717, 1.165) is 22.3 Å². The van der Waals surface area contributed by atoms with Gasteiger partial charge >= 0.3 is 11.9 Å². The minimum absolute atomic E-state index is 0.256. The van der Waals surface area contributed by atoms with E-state index < -0.39 is 17.4 Å². The average Bonchev–Trinajstić information content (AvgIpc) is 2.98. The van der Waals surface area contributed by atoms with Crippen LogP contribution in [0.5, 0.6) is 0 Å². The van der Waals surface area contributed by atoms with Crippen molar-refractivity contribution < 1.29 is 19.0 Å². The van der Waals surface area contributed by atoms with Crippen LogP contribution in [-0.2, 0) is 31.0 Å². The number of benzene rings is 2. The molecule has 0 amide bonds. The van der Waals surface area contributed by atoms with Crippen LogP contribution < -0.4 is 0 Å². The van der Waals surface area contributed by atoms with Crippen LogP contribution in [0, 0.1) is 11.3 Å². The van der Waals surface area contributed by atoms with E-state index in [0.29, 0.717) is 6.42 Å². The van der Waals surface area contributed by atoms with Crippen molar-refractivity contribution in [1.82, 2.24) is 4.90 Å². The van der Waals surface area contributed by atoms with Crippen molar-refractivity contribution in [2.75, 3.05) is 20.3 Å². The van der Waals surface area contributed by atoms with Crippen molar-refractivity contribution in [2.24, 2.45) is 0 Å². The molecule has 0 radical (unpaired) electrons. The van der Waals surface area contributed by atoms with Gasteiger partial charge in [-0.15, -0.1) is 0 Å². The number of esters is 1. The van der Waals surface area contributed by atoms with Crippen LogP contribution in [-0.4, -0.2) is 37.1 Å². The number of carbonyl (C=O) groups excluding carboxylic acids is 1. The zero-order chi connectivity index (χ0) is 20.6. The van der Waals surface area contributed by atoms with E-state index in [9.17, 15) is 10.1 Å². The Morgan fingerprint density at radius 1 is 1.14 bits per heavy atom. The Morgan fingerprint density at radius 2 is 1.76 bits per heavy atom. The van der Waals surface area contributed by atoms with Crippen LogP contribution in [0.2, 0.25) is 0 Å². The number of hydrogen-bond donors (Lipinski definition) is 0. The summed E-state index contributed by atoms with van der Waals surface area (Å²) < 4.78 is 17.2. The molecule has 0 N–H and O–H groups in total. The average molecular weight is 392 g/mol. The number of rotatable bonds is 6. The number of ether oxygens (including phenoxy) is 3. The number of carbonyl (C=O) groups is 1. The SMILES string of the molecule is CCOC(C#N)(OCC)N1C2Cc3ccccc3C1(C(=O)OC)c1ccccc12. The summed E-state index contributed by atoms with van der Waals surface area (Å²) in [5.74, 6) is -2.19. The molecule has 2 unspecified atom stereocenters. The molecule has 0 aliphatic carbocycles. The van der Waals surface area contributed by atoms with Crippen LogP contribution in [0.1, 0.15) is 42.1 Å². The van der Waals surface area contributed by atoms with E-state index in [1.54, 1.807) is 4.90 Å². The molecule has 0 saturated heterocycles. The lowest BCUT2D eigenvalue weighted by Crippen LogP contribution is -2.64. The largest absolute Gasteiger partial charge is 0.467 e. The van der Waals surface area contributed by atoms with Gasteiger partial charge in [-0.05, 0) is 42.5 Å². The highest BCUT2D eigenvalue weighted by Crippen LogP contribution is 2.59. The molecule has 2 atom stereocenters. The number of hydrogen-bond acceptors (Lipinski definition) is 6. The first-order valence-corrected chi connectivity index (χ1v) is 9.85. The molecule has 4 rings (SSSR count). The first kappa shape index (κ1) is 19.6. The van der Waals surface area contributed by atoms with Crippen LogP contribution in [0.25, 0.3) is 0 Å². The highest BCUT2D eigenvalue weighted by Gasteiger charge is 2.67. The first-order valence-electron chi connectivity index (χ1n) is 9.85. The van der Waals surface area contributed by atoms with Crippen LogP contribution in [0.3, 0.4) is 0 Å². The molecule has 0 fully saturated rings. The summed E-state index contributed by atoms with van der Waals surface area (Å²) in [6, 6.07) is 17.6. The monoisotopic (exact) mass is 392 g/mol. The Hall–Kier alpha value is -2.72. The fourth-order valence-electron chi connectivity index (χ4n) is 4.94. The Kier molecular flexibility index (Phi) is 4.91. The van der Waals surface area contributed by atoms with E-state index in [1.165, 1.54) is 7.11 Å². The molecule has 2 aliphatic heterocycles. The third kappa shape index (κ3) is 2.48. The summed E-state index contributed by atoms with van der Waals surface area (Å²) in [6.45, 7) is 4.13. The molecular weight excluding hydrogens is 368 g/mol. The van der Waals surface area contributed by atoms with Crippen molar-refractivity contribution in [1.29, 1.82) is 5.26 Å². The fourth-order valence-corrected chi connectivity index (χ4v) is 4.94. The van der Waals surface area contributed by atoms with Gasteiger partial charge in [-0.25, -0.2) is 9.69 Å². The lowest BCUT2D eigenvalue weighted by Gasteiger charge is -2.50. The van der Waals surface area contributed by atoms with E-state index in [1.807, 2.05) is 62.4 Å². The summed E-state index contributed by atoms with van der Waals surface area (Å²) in [4.78, 5) is 15.4. The molecule has 2 aromatic rings. The maximum Gasteiger partial charge on any atom is 0.335 e. The Bertz CT molecular complexity index is 964. The van der Waals surface area contributed by atoms with Gasteiger partial charge in [-0.1, -0.05) is 48.5 Å². The summed E-state index contributed by atoms with van der Waals surface area (Å²) in [5, 5.41) is 10.3. The van der Waals surface area contributed by atoms with E-state index in [2.05, 4.69) is 6.07 Å². The summed E-state index contributed by atoms with van der Waals surface area (Å²) in [6.07, 6.45) is 0.634. The second kappa shape index (κ2) is 7.27. The second-order valence-electron chi connectivity index (χ2n) is 7.10. The zero-order valence-electron chi connectivity index (χ0n) is 16.8. The van der Waals surface area contributed by atoms with Gasteiger partial charge in [0.2, 0.25) is 0 Å². The molecule has 2 aliphatic rings. The van der Waals surface area contributed by atoms with Gasteiger partial charge in [0.05, 0.1) is 7.11 Å². The molecular formula is C23H24N2O4. The van der Waals surface area contributed by atoms with Gasteiger partial charge < -0.3 is 14.2 Å². The lowest BCUT2D eigenvalue weighted by molar-refractivity contribution is -0.307. The Morgan fingerprint density at radius 3 is 2.38 bits per heavy atom. The standard InChI is InChI=1S/C23H24N2O4/c1-4-28-22(15-24,29-5-2)25-20-14-16-10-6-8-12-18(16)23(25,21(26)27-3)19-13-9-7-11-17(19)20/h6-13,20H,4-5,14H2,1-3H3. The topological polar surface area (TPSA) is 71.8 Å². The number of fused-ring (bicyclic) bond motifs is 7. The van der Waals surface area contributed by atoms with Crippen LogP contribution >= 0.6 is 0 Å². The van der Waals surface area contributed by atoms with Crippen LogP contribution in [0.15, 0.2) is 48.5 Å². The first-order chi connectivity index (χ1) is 14.1. The molecule has 150 valence electrons. The lowest BCUT2D eigenvalue weighted by atomic mass is 9.78. The predicted molar refractivity (Wildman–Crippen MR) is 106 cm³/mol. The van der Waals surface area contributed by atoms with Crippen molar-refractivity contribution >= 4 is 5.97 Å². The van der Waals surface area contributed by atoms with Crippen molar-refractivity contribution in [3.8, 4) is 6.07 Å². The Balaban J connectivity index is 2.10. The minimum Gasteiger partial charge on any atom is -0.467 e. The summed E-state index contributed by atoms with van der Waals surface area (Å²) in [7, 11) is 1.37. The van der Waals surface area contributed by atoms with E-state index >= 15 is 0 Å². The van der Waals surface area contributed by atoms with Gasteiger partial charge in [0.1, 0.15) is 6.07 Å². The molecule has 29 heavy (non-hydrogen) atoms. The number of methoxy groups -OCH3 is 1. The second-order valence-corrected chi connectivity index (χ2v) is 7.10. The van der Waals surface area contributed by atoms with Gasteiger partial charge in [-0.2, -0.15) is 5.26 Å². The molecule has 2 bridgehead atoms. The van der Waals surface area contributed by atoms with Crippen molar-refractivity contribution in [3.63, 3.8) is 0 Å². The maximum absolute atomic E-state index is 13.6. The number of nitrogens with zero attached hydrogens (tertiary/aromatic N) is 2. The molecule has 0 saturated carbocycles. The highest BCUT2D eigenvalue weighted by atomic mass is 16.7. The smallest absolute Gasteiger partial charge is 0.335 e. The Labute approximate surface area is 170 Å². The van der Waals surface area contributed by atoms with E-state index in [-0.39, 0.29) is 19.3 Å². The summed E-state index contributed by atoms with van der Waals surface area (Å²) in [5.41, 5.74) is 2.31. The third-order valence-corrected chi connectivity index (χ3v) is 5.82. The van der Waals surface area contributed by atoms with Gasteiger partial charge in [0.25, 0.3) is 0 Å². The highest BCUT2D eigenvalue weighted by molar-refractivity contribution is 5.90. The molecule has 2 aromatic carbocycles. The third-order valence-electron chi connectivity index (χ3n) is 5.82. The van der Waals surface area contributed by atoms with Gasteiger partial charge in [-0.3, -0.25) is 0 Å². The minimum atomic E-state index is -1.73. The normalized spacial score (nSPS) is 22.5. The predicted octanol–water partition coefficient (Wildman–Crippen LogP) is 3.27. The molecule has 0 aromatic heterocycles. The molecule has 6 heteroatoms. The summed E-state index contributed by atoms with van der Waals surface area (Å²) >= 11 is 0. The van der Waals surface area contributed by atoms with Crippen molar-refractivity contribution in [2.45, 2.75) is 37.8 Å². The van der Waals surface area contributed by atoms with Crippen LogP contribution in [0.4, 0.5) is 0 Å². The van der Waals surface area contributed by atoms with E-state index in [4.69, 9.17) is 14.2 Å². The quantitative estimate of drug-likeness (QED) is 0.555. The number of nitriles is 1. The van der Waals surface area contributed by atoms with Crippen molar-refractivity contribution in [3.05, 3.63) is 70.8 Å². The zero-order valence-corrected chi connectivity index (χ0v) is 16.8. The fraction of sp³-hybridized carbons (Fsp3) is 0.391. The molecule has 6 nitrogen and oxygen atoms in total. The maximum atomic E-state index is 13.6. The van der Waals surface area contributed by atoms with Gasteiger partial charge in [0, 0.05) is 19.3 Å². The van der Waals surface area contributed by atoms with Gasteiger partial charge in [0.15, 0.2) is 5.54 Å². The molecule has 2 heterocycles.